The van der Waals surface area contributed by atoms with Crippen LogP contribution < -0.4 is 0 Å². The third-order valence-corrected chi connectivity index (χ3v) is 2.47. The lowest BCUT2D eigenvalue weighted by atomic mass is 10.2. The molecule has 3 nitrogen and oxygen atoms in total. The van der Waals surface area contributed by atoms with Crippen molar-refractivity contribution in [3.8, 4) is 12.3 Å². The summed E-state index contributed by atoms with van der Waals surface area (Å²) in [5.74, 6) is 1.72. The highest BCUT2D eigenvalue weighted by Crippen LogP contribution is 2.22. The second-order valence-corrected chi connectivity index (χ2v) is 3.44. The molecule has 0 atom stereocenters. The molecule has 0 aromatic heterocycles. The Labute approximate surface area is 78.7 Å². The molecule has 1 N–H and O–H groups in total. The number of carbonyl (C=O) groups is 1. The van der Waals surface area contributed by atoms with Crippen LogP contribution in [0.3, 0.4) is 0 Å². The Bertz CT molecular complexity index is 213. The van der Waals surface area contributed by atoms with Crippen molar-refractivity contribution >= 4 is 5.97 Å². The van der Waals surface area contributed by atoms with E-state index < -0.39 is 5.97 Å². The molecule has 0 aliphatic heterocycles. The Morgan fingerprint density at radius 3 is 2.62 bits per heavy atom. The smallest absolute Gasteiger partial charge is 0.317 e. The maximum absolute atomic E-state index is 10.5. The van der Waals surface area contributed by atoms with E-state index in [1.807, 2.05) is 4.90 Å². The molecule has 72 valence electrons. The summed E-state index contributed by atoms with van der Waals surface area (Å²) in [6, 6.07) is 0.396. The second-order valence-electron chi connectivity index (χ2n) is 3.44. The number of hydrogen-bond donors (Lipinski definition) is 1. The van der Waals surface area contributed by atoms with Crippen LogP contribution in [0.2, 0.25) is 0 Å². The standard InChI is InChI=1S/C10H15NO2/c1-2-7-11(8-10(12)13)9-5-3-4-6-9/h1,9H,3-8H2,(H,12,13). The quantitative estimate of drug-likeness (QED) is 0.656. The summed E-state index contributed by atoms with van der Waals surface area (Å²) >= 11 is 0. The third-order valence-electron chi connectivity index (χ3n) is 2.47. The number of aliphatic carboxylic acids is 1. The van der Waals surface area contributed by atoms with Gasteiger partial charge in [-0.25, -0.2) is 0 Å². The summed E-state index contributed by atoms with van der Waals surface area (Å²) in [4.78, 5) is 12.4. The van der Waals surface area contributed by atoms with Gasteiger partial charge in [-0.05, 0) is 12.8 Å². The van der Waals surface area contributed by atoms with E-state index in [1.165, 1.54) is 12.8 Å². The van der Waals surface area contributed by atoms with E-state index in [0.717, 1.165) is 12.8 Å². The zero-order valence-electron chi connectivity index (χ0n) is 7.70. The van der Waals surface area contributed by atoms with Crippen LogP contribution in [0.15, 0.2) is 0 Å². The van der Waals surface area contributed by atoms with Gasteiger partial charge in [-0.15, -0.1) is 6.42 Å². The van der Waals surface area contributed by atoms with Crippen LogP contribution in [0.5, 0.6) is 0 Å². The fourth-order valence-corrected chi connectivity index (χ4v) is 1.87. The summed E-state index contributed by atoms with van der Waals surface area (Å²) in [5, 5.41) is 8.66. The predicted octanol–water partition coefficient (Wildman–Crippen LogP) is 0.949. The number of nitrogens with zero attached hydrogens (tertiary/aromatic N) is 1. The number of rotatable bonds is 4. The largest absolute Gasteiger partial charge is 0.480 e. The van der Waals surface area contributed by atoms with E-state index in [9.17, 15) is 4.79 Å². The van der Waals surface area contributed by atoms with E-state index in [0.29, 0.717) is 12.6 Å². The third kappa shape index (κ3) is 3.08. The second kappa shape index (κ2) is 4.88. The van der Waals surface area contributed by atoms with Crippen molar-refractivity contribution in [3.63, 3.8) is 0 Å². The molecule has 1 aliphatic rings. The molecule has 13 heavy (non-hydrogen) atoms. The molecule has 1 fully saturated rings. The van der Waals surface area contributed by atoms with Crippen molar-refractivity contribution in [3.05, 3.63) is 0 Å². The summed E-state index contributed by atoms with van der Waals surface area (Å²) in [7, 11) is 0. The average Bonchev–Trinajstić information content (AvgIpc) is 2.54. The molecule has 0 aromatic rings. The van der Waals surface area contributed by atoms with Gasteiger partial charge in [-0.2, -0.15) is 0 Å². The highest BCUT2D eigenvalue weighted by atomic mass is 16.4. The normalized spacial score (nSPS) is 17.5. The molecule has 0 heterocycles. The summed E-state index contributed by atoms with van der Waals surface area (Å²) < 4.78 is 0. The molecular formula is C10H15NO2. The van der Waals surface area contributed by atoms with E-state index >= 15 is 0 Å². The van der Waals surface area contributed by atoms with Gasteiger partial charge in [0, 0.05) is 6.04 Å². The molecule has 0 aromatic carbocycles. The molecular weight excluding hydrogens is 166 g/mol. The van der Waals surface area contributed by atoms with Crippen LogP contribution in [-0.4, -0.2) is 35.1 Å². The van der Waals surface area contributed by atoms with Gasteiger partial charge in [-0.3, -0.25) is 9.69 Å². The number of terminal acetylenes is 1. The topological polar surface area (TPSA) is 40.5 Å². The van der Waals surface area contributed by atoms with E-state index in [4.69, 9.17) is 11.5 Å². The SMILES string of the molecule is C#CCN(CC(=O)O)C1CCCC1. The fraction of sp³-hybridized carbons (Fsp3) is 0.700. The maximum Gasteiger partial charge on any atom is 0.317 e. The van der Waals surface area contributed by atoms with Gasteiger partial charge in [0.1, 0.15) is 0 Å². The molecule has 0 spiro atoms. The van der Waals surface area contributed by atoms with Crippen LogP contribution >= 0.6 is 0 Å². The summed E-state index contributed by atoms with van der Waals surface area (Å²) in [6.45, 7) is 0.534. The van der Waals surface area contributed by atoms with Crippen LogP contribution in [0.25, 0.3) is 0 Å². The van der Waals surface area contributed by atoms with Gasteiger partial charge in [0.15, 0.2) is 0 Å². The van der Waals surface area contributed by atoms with Crippen molar-refractivity contribution in [2.24, 2.45) is 0 Å². The molecule has 0 saturated heterocycles. The lowest BCUT2D eigenvalue weighted by molar-refractivity contribution is -0.138. The van der Waals surface area contributed by atoms with Gasteiger partial charge in [0.25, 0.3) is 0 Å². The van der Waals surface area contributed by atoms with Crippen LogP contribution in [0.1, 0.15) is 25.7 Å². The van der Waals surface area contributed by atoms with Crippen LogP contribution in [0, 0.1) is 12.3 Å². The Morgan fingerprint density at radius 1 is 1.54 bits per heavy atom. The Balaban J connectivity index is 2.45. The highest BCUT2D eigenvalue weighted by Gasteiger charge is 2.23. The van der Waals surface area contributed by atoms with Crippen molar-refractivity contribution in [2.75, 3.05) is 13.1 Å². The van der Waals surface area contributed by atoms with Gasteiger partial charge in [0.05, 0.1) is 13.1 Å². The highest BCUT2D eigenvalue weighted by molar-refractivity contribution is 5.69. The summed E-state index contributed by atoms with van der Waals surface area (Å²) in [6.07, 6.45) is 9.77. The van der Waals surface area contributed by atoms with Crippen LogP contribution in [0.4, 0.5) is 0 Å². The molecule has 3 heteroatoms. The van der Waals surface area contributed by atoms with Crippen molar-refractivity contribution < 1.29 is 9.90 Å². The first kappa shape index (κ1) is 10.1. The Kier molecular flexibility index (Phi) is 3.78. The zero-order chi connectivity index (χ0) is 9.68. The number of carboxylic acids is 1. The van der Waals surface area contributed by atoms with Crippen molar-refractivity contribution in [1.29, 1.82) is 0 Å². The molecule has 0 radical (unpaired) electrons. The van der Waals surface area contributed by atoms with E-state index in [-0.39, 0.29) is 6.54 Å². The van der Waals surface area contributed by atoms with Gasteiger partial charge in [0.2, 0.25) is 0 Å². The first-order valence-corrected chi connectivity index (χ1v) is 4.63. The zero-order valence-corrected chi connectivity index (χ0v) is 7.70. The lowest BCUT2D eigenvalue weighted by Gasteiger charge is -2.24. The molecule has 0 unspecified atom stereocenters. The molecule has 1 saturated carbocycles. The monoisotopic (exact) mass is 181 g/mol. The number of carboxylic acid groups (broad SMARTS) is 1. The predicted molar refractivity (Wildman–Crippen MR) is 50.3 cm³/mol. The molecule has 0 amide bonds. The first-order valence-electron chi connectivity index (χ1n) is 4.63. The average molecular weight is 181 g/mol. The lowest BCUT2D eigenvalue weighted by Crippen LogP contribution is -2.37. The van der Waals surface area contributed by atoms with Crippen LogP contribution in [-0.2, 0) is 4.79 Å². The molecule has 1 aliphatic carbocycles. The Morgan fingerprint density at radius 2 is 2.15 bits per heavy atom. The Hall–Kier alpha value is -1.01. The molecule has 1 rings (SSSR count). The van der Waals surface area contributed by atoms with E-state index in [2.05, 4.69) is 5.92 Å². The summed E-state index contributed by atoms with van der Waals surface area (Å²) in [5.41, 5.74) is 0. The minimum absolute atomic E-state index is 0.0782. The molecule has 0 bridgehead atoms. The maximum atomic E-state index is 10.5. The minimum Gasteiger partial charge on any atom is -0.480 e. The number of hydrogen-bond acceptors (Lipinski definition) is 2. The first-order chi connectivity index (χ1) is 6.24. The van der Waals surface area contributed by atoms with Gasteiger partial charge in [-0.1, -0.05) is 18.8 Å². The van der Waals surface area contributed by atoms with Crippen molar-refractivity contribution in [1.82, 2.24) is 4.90 Å². The van der Waals surface area contributed by atoms with Crippen molar-refractivity contribution in [2.45, 2.75) is 31.7 Å². The van der Waals surface area contributed by atoms with Gasteiger partial charge < -0.3 is 5.11 Å². The van der Waals surface area contributed by atoms with Gasteiger partial charge >= 0.3 is 5.97 Å². The minimum atomic E-state index is -0.790. The fourth-order valence-electron chi connectivity index (χ4n) is 1.87. The van der Waals surface area contributed by atoms with E-state index in [1.54, 1.807) is 0 Å².